The molecule has 1 aliphatic rings. The lowest BCUT2D eigenvalue weighted by Gasteiger charge is -2.19. The van der Waals surface area contributed by atoms with Crippen LogP contribution in [0.15, 0.2) is 23.1 Å². The first-order valence-electron chi connectivity index (χ1n) is 6.01. The second-order valence-electron chi connectivity index (χ2n) is 4.71. The largest absolute Gasteiger partial charge is 0.396 e. The van der Waals surface area contributed by atoms with Crippen molar-refractivity contribution < 1.29 is 22.3 Å². The first-order chi connectivity index (χ1) is 8.92. The molecule has 1 aromatic rings. The second kappa shape index (κ2) is 5.52. The van der Waals surface area contributed by atoms with Crippen LogP contribution in [0.4, 0.5) is 8.78 Å². The highest BCUT2D eigenvalue weighted by atomic mass is 32.2. The molecule has 4 nitrogen and oxygen atoms in total. The molecule has 106 valence electrons. The maximum atomic E-state index is 13.0. The molecule has 1 saturated carbocycles. The highest BCUT2D eigenvalue weighted by Crippen LogP contribution is 2.26. The predicted octanol–water partition coefficient (Wildman–Crippen LogP) is 1.40. The summed E-state index contributed by atoms with van der Waals surface area (Å²) in [6.07, 6.45) is 2.17. The first kappa shape index (κ1) is 14.4. The van der Waals surface area contributed by atoms with Gasteiger partial charge in [0.25, 0.3) is 0 Å². The van der Waals surface area contributed by atoms with Crippen molar-refractivity contribution in [2.75, 3.05) is 6.61 Å². The van der Waals surface area contributed by atoms with E-state index in [2.05, 4.69) is 4.72 Å². The maximum Gasteiger partial charge on any atom is 0.241 e. The number of rotatable bonds is 4. The molecule has 0 aliphatic heterocycles. The standard InChI is InChI=1S/C12H15F2NO3S/c13-9-4-10(14)6-11(5-9)19(17,18)15-12-3-1-2-8(12)7-16/h4-6,8,12,15-16H,1-3,7H2. The molecule has 0 spiro atoms. The van der Waals surface area contributed by atoms with Crippen molar-refractivity contribution in [1.82, 2.24) is 4.72 Å². The van der Waals surface area contributed by atoms with Gasteiger partial charge >= 0.3 is 0 Å². The monoisotopic (exact) mass is 291 g/mol. The summed E-state index contributed by atoms with van der Waals surface area (Å²) >= 11 is 0. The number of hydrogen-bond donors (Lipinski definition) is 2. The zero-order chi connectivity index (χ0) is 14.0. The topological polar surface area (TPSA) is 66.4 Å². The molecule has 2 N–H and O–H groups in total. The van der Waals surface area contributed by atoms with Crippen molar-refractivity contribution in [3.05, 3.63) is 29.8 Å². The predicted molar refractivity (Wildman–Crippen MR) is 64.9 cm³/mol. The summed E-state index contributed by atoms with van der Waals surface area (Å²) in [6.45, 7) is -0.106. The van der Waals surface area contributed by atoms with Crippen LogP contribution in [0.1, 0.15) is 19.3 Å². The molecule has 1 fully saturated rings. The number of aliphatic hydroxyl groups excluding tert-OH is 1. The summed E-state index contributed by atoms with van der Waals surface area (Å²) in [5.41, 5.74) is 0. The van der Waals surface area contributed by atoms with Gasteiger partial charge in [0.1, 0.15) is 11.6 Å². The molecule has 0 heterocycles. The van der Waals surface area contributed by atoms with Gasteiger partial charge in [0.15, 0.2) is 0 Å². The highest BCUT2D eigenvalue weighted by Gasteiger charge is 2.31. The van der Waals surface area contributed by atoms with E-state index in [1.165, 1.54) is 0 Å². The Morgan fingerprint density at radius 1 is 1.21 bits per heavy atom. The van der Waals surface area contributed by atoms with E-state index in [0.717, 1.165) is 25.0 Å². The van der Waals surface area contributed by atoms with Crippen molar-refractivity contribution in [1.29, 1.82) is 0 Å². The van der Waals surface area contributed by atoms with Crippen LogP contribution in [-0.2, 0) is 10.0 Å². The fraction of sp³-hybridized carbons (Fsp3) is 0.500. The Kier molecular flexibility index (Phi) is 4.17. The van der Waals surface area contributed by atoms with Gasteiger partial charge in [-0.1, -0.05) is 6.42 Å². The average molecular weight is 291 g/mol. The summed E-state index contributed by atoms with van der Waals surface area (Å²) in [6, 6.07) is 1.77. The first-order valence-corrected chi connectivity index (χ1v) is 7.50. The number of aliphatic hydroxyl groups is 1. The van der Waals surface area contributed by atoms with Crippen LogP contribution in [-0.4, -0.2) is 26.2 Å². The van der Waals surface area contributed by atoms with Crippen LogP contribution in [0.5, 0.6) is 0 Å². The van der Waals surface area contributed by atoms with Crippen LogP contribution in [0, 0.1) is 17.6 Å². The molecule has 0 bridgehead atoms. The van der Waals surface area contributed by atoms with E-state index in [1.807, 2.05) is 0 Å². The molecule has 0 radical (unpaired) electrons. The zero-order valence-corrected chi connectivity index (χ0v) is 11.0. The van der Waals surface area contributed by atoms with E-state index in [4.69, 9.17) is 5.11 Å². The van der Waals surface area contributed by atoms with Gasteiger partial charge in [-0.2, -0.15) is 0 Å². The Hall–Kier alpha value is -1.05. The summed E-state index contributed by atoms with van der Waals surface area (Å²) in [5.74, 6) is -2.02. The Morgan fingerprint density at radius 2 is 1.84 bits per heavy atom. The van der Waals surface area contributed by atoms with Crippen LogP contribution < -0.4 is 4.72 Å². The normalized spacial score (nSPS) is 23.7. The minimum absolute atomic E-state index is 0.106. The van der Waals surface area contributed by atoms with E-state index in [1.54, 1.807) is 0 Å². The van der Waals surface area contributed by atoms with E-state index >= 15 is 0 Å². The number of sulfonamides is 1. The van der Waals surface area contributed by atoms with Crippen molar-refractivity contribution in [3.63, 3.8) is 0 Å². The quantitative estimate of drug-likeness (QED) is 0.881. The van der Waals surface area contributed by atoms with Crippen molar-refractivity contribution in [2.24, 2.45) is 5.92 Å². The summed E-state index contributed by atoms with van der Waals surface area (Å²) in [5, 5.41) is 9.14. The lowest BCUT2D eigenvalue weighted by molar-refractivity contribution is 0.213. The van der Waals surface area contributed by atoms with Crippen molar-refractivity contribution in [2.45, 2.75) is 30.2 Å². The van der Waals surface area contributed by atoms with Crippen molar-refractivity contribution in [3.8, 4) is 0 Å². The van der Waals surface area contributed by atoms with Gasteiger partial charge in [-0.05, 0) is 30.9 Å². The van der Waals surface area contributed by atoms with Gasteiger partial charge < -0.3 is 5.11 Å². The fourth-order valence-corrected chi connectivity index (χ4v) is 3.74. The smallest absolute Gasteiger partial charge is 0.241 e. The lowest BCUT2D eigenvalue weighted by Crippen LogP contribution is -2.38. The van der Waals surface area contributed by atoms with Gasteiger partial charge in [0, 0.05) is 18.7 Å². The third-order valence-corrected chi connectivity index (χ3v) is 4.82. The molecular formula is C12H15F2NO3S. The fourth-order valence-electron chi connectivity index (χ4n) is 2.36. The highest BCUT2D eigenvalue weighted by molar-refractivity contribution is 7.89. The second-order valence-corrected chi connectivity index (χ2v) is 6.42. The van der Waals surface area contributed by atoms with Crippen LogP contribution in [0.25, 0.3) is 0 Å². The Labute approximate surface area is 110 Å². The molecule has 0 aromatic heterocycles. The Morgan fingerprint density at radius 3 is 2.42 bits per heavy atom. The summed E-state index contributed by atoms with van der Waals surface area (Å²) in [7, 11) is -3.97. The Bertz CT molecular complexity index is 542. The molecule has 7 heteroatoms. The molecule has 2 atom stereocenters. The van der Waals surface area contributed by atoms with E-state index in [9.17, 15) is 17.2 Å². The molecule has 2 unspecified atom stereocenters. The summed E-state index contributed by atoms with van der Waals surface area (Å²) in [4.78, 5) is -0.436. The minimum atomic E-state index is -3.97. The zero-order valence-electron chi connectivity index (χ0n) is 10.1. The average Bonchev–Trinajstić information content (AvgIpc) is 2.74. The number of benzene rings is 1. The summed E-state index contributed by atoms with van der Waals surface area (Å²) < 4.78 is 52.5. The number of hydrogen-bond acceptors (Lipinski definition) is 3. The molecule has 1 aliphatic carbocycles. The van der Waals surface area contributed by atoms with Gasteiger partial charge in [-0.15, -0.1) is 0 Å². The third kappa shape index (κ3) is 3.29. The van der Waals surface area contributed by atoms with Crippen LogP contribution in [0.3, 0.4) is 0 Å². The Balaban J connectivity index is 2.22. The molecule has 2 rings (SSSR count). The maximum absolute atomic E-state index is 13.0. The van der Waals surface area contributed by atoms with Gasteiger partial charge in [-0.25, -0.2) is 21.9 Å². The third-order valence-electron chi connectivity index (χ3n) is 3.35. The minimum Gasteiger partial charge on any atom is -0.396 e. The van der Waals surface area contributed by atoms with Gasteiger partial charge in [0.2, 0.25) is 10.0 Å². The molecule has 0 amide bonds. The van der Waals surface area contributed by atoms with E-state index in [0.29, 0.717) is 12.5 Å². The van der Waals surface area contributed by atoms with Crippen LogP contribution in [0.2, 0.25) is 0 Å². The van der Waals surface area contributed by atoms with E-state index in [-0.39, 0.29) is 18.6 Å². The SMILES string of the molecule is O=S(=O)(NC1CCCC1CO)c1cc(F)cc(F)c1. The number of nitrogens with one attached hydrogen (secondary N) is 1. The van der Waals surface area contributed by atoms with Crippen molar-refractivity contribution >= 4 is 10.0 Å². The van der Waals surface area contributed by atoms with E-state index < -0.39 is 26.6 Å². The molecule has 0 saturated heterocycles. The van der Waals surface area contributed by atoms with Crippen LogP contribution >= 0.6 is 0 Å². The molecular weight excluding hydrogens is 276 g/mol. The molecule has 1 aromatic carbocycles. The number of halogens is 2. The van der Waals surface area contributed by atoms with Gasteiger partial charge in [0.05, 0.1) is 4.90 Å². The lowest BCUT2D eigenvalue weighted by atomic mass is 10.1. The van der Waals surface area contributed by atoms with Gasteiger partial charge in [-0.3, -0.25) is 0 Å². The molecule has 19 heavy (non-hydrogen) atoms.